The van der Waals surface area contributed by atoms with Crippen molar-refractivity contribution >= 4 is 0 Å². The van der Waals surface area contributed by atoms with E-state index < -0.39 is 0 Å². The highest BCUT2D eigenvalue weighted by Gasteiger charge is 2.17. The van der Waals surface area contributed by atoms with E-state index in [4.69, 9.17) is 0 Å². The van der Waals surface area contributed by atoms with Crippen molar-refractivity contribution in [1.29, 1.82) is 0 Å². The summed E-state index contributed by atoms with van der Waals surface area (Å²) in [6.07, 6.45) is 7.05. The topological polar surface area (TPSA) is 0 Å². The van der Waals surface area contributed by atoms with E-state index in [1.54, 1.807) is 5.56 Å². The molecule has 0 radical (unpaired) electrons. The summed E-state index contributed by atoms with van der Waals surface area (Å²) in [6, 6.07) is 9.09. The molecule has 1 aliphatic carbocycles. The summed E-state index contributed by atoms with van der Waals surface area (Å²) < 4.78 is 0. The molecule has 0 nitrogen and oxygen atoms in total. The van der Waals surface area contributed by atoms with Gasteiger partial charge in [-0.3, -0.25) is 0 Å². The summed E-state index contributed by atoms with van der Waals surface area (Å²) in [5, 5.41) is 0. The maximum absolute atomic E-state index is 2.40. The molecule has 0 aliphatic heterocycles. The molecule has 1 aliphatic rings. The zero-order valence-corrected chi connectivity index (χ0v) is 10.00. The molecule has 1 saturated carbocycles. The largest absolute Gasteiger partial charge is 0.0625 e. The van der Waals surface area contributed by atoms with E-state index in [2.05, 4.69) is 38.1 Å². The lowest BCUT2D eigenvalue weighted by molar-refractivity contribution is 0.499. The fourth-order valence-electron chi connectivity index (χ4n) is 2.74. The van der Waals surface area contributed by atoms with Gasteiger partial charge in [0.1, 0.15) is 0 Å². The van der Waals surface area contributed by atoms with Gasteiger partial charge in [-0.15, -0.1) is 0 Å². The van der Waals surface area contributed by atoms with Crippen LogP contribution >= 0.6 is 0 Å². The Morgan fingerprint density at radius 3 is 2.73 bits per heavy atom. The standard InChI is InChI=1S/C15H22/c1-12-5-3-7-14(10-9-12)15-8-4-6-13(2)11-15/h4,6,8,11-12,14H,3,5,7,9-10H2,1-2H3. The van der Waals surface area contributed by atoms with E-state index in [0.717, 1.165) is 11.8 Å². The van der Waals surface area contributed by atoms with Crippen molar-refractivity contribution in [2.24, 2.45) is 5.92 Å². The van der Waals surface area contributed by atoms with Gasteiger partial charge in [0.05, 0.1) is 0 Å². The minimum Gasteiger partial charge on any atom is -0.0625 e. The van der Waals surface area contributed by atoms with E-state index in [9.17, 15) is 0 Å². The number of rotatable bonds is 1. The van der Waals surface area contributed by atoms with Gasteiger partial charge in [-0.2, -0.15) is 0 Å². The van der Waals surface area contributed by atoms with Crippen LogP contribution in [-0.2, 0) is 0 Å². The van der Waals surface area contributed by atoms with Crippen LogP contribution in [0.15, 0.2) is 24.3 Å². The summed E-state index contributed by atoms with van der Waals surface area (Å²) in [5.41, 5.74) is 2.98. The number of hydrogen-bond donors (Lipinski definition) is 0. The molecular weight excluding hydrogens is 180 g/mol. The van der Waals surface area contributed by atoms with Crippen LogP contribution in [0.1, 0.15) is 56.1 Å². The Kier molecular flexibility index (Phi) is 3.45. The molecule has 2 unspecified atom stereocenters. The Hall–Kier alpha value is -0.780. The van der Waals surface area contributed by atoms with Crippen molar-refractivity contribution in [3.05, 3.63) is 35.4 Å². The number of hydrogen-bond acceptors (Lipinski definition) is 0. The van der Waals surface area contributed by atoms with Crippen LogP contribution < -0.4 is 0 Å². The van der Waals surface area contributed by atoms with Gasteiger partial charge in [-0.1, -0.05) is 56.0 Å². The molecule has 0 amide bonds. The fraction of sp³-hybridized carbons (Fsp3) is 0.600. The lowest BCUT2D eigenvalue weighted by Gasteiger charge is -2.15. The van der Waals surface area contributed by atoms with Crippen molar-refractivity contribution in [1.82, 2.24) is 0 Å². The monoisotopic (exact) mass is 202 g/mol. The number of aryl methyl sites for hydroxylation is 1. The van der Waals surface area contributed by atoms with Crippen LogP contribution in [0.4, 0.5) is 0 Å². The van der Waals surface area contributed by atoms with Crippen LogP contribution in [0.5, 0.6) is 0 Å². The molecule has 2 rings (SSSR count). The van der Waals surface area contributed by atoms with Crippen molar-refractivity contribution in [2.75, 3.05) is 0 Å². The second-order valence-corrected chi connectivity index (χ2v) is 5.22. The van der Waals surface area contributed by atoms with Gasteiger partial charge in [0.25, 0.3) is 0 Å². The summed E-state index contributed by atoms with van der Waals surface area (Å²) in [6.45, 7) is 4.60. The maximum atomic E-state index is 2.40. The highest BCUT2D eigenvalue weighted by Crippen LogP contribution is 2.33. The van der Waals surface area contributed by atoms with Crippen LogP contribution in [0.3, 0.4) is 0 Å². The molecule has 82 valence electrons. The highest BCUT2D eigenvalue weighted by molar-refractivity contribution is 5.25. The summed E-state index contributed by atoms with van der Waals surface area (Å²) in [7, 11) is 0. The van der Waals surface area contributed by atoms with Crippen molar-refractivity contribution in [2.45, 2.75) is 51.9 Å². The molecule has 0 saturated heterocycles. The predicted molar refractivity (Wildman–Crippen MR) is 66.2 cm³/mol. The third kappa shape index (κ3) is 2.84. The van der Waals surface area contributed by atoms with Gasteiger partial charge in [-0.05, 0) is 37.2 Å². The van der Waals surface area contributed by atoms with E-state index in [1.165, 1.54) is 37.7 Å². The van der Waals surface area contributed by atoms with Gasteiger partial charge in [0.2, 0.25) is 0 Å². The Bertz CT molecular complexity index is 314. The van der Waals surface area contributed by atoms with Gasteiger partial charge in [0, 0.05) is 0 Å². The van der Waals surface area contributed by atoms with Crippen LogP contribution in [-0.4, -0.2) is 0 Å². The van der Waals surface area contributed by atoms with Gasteiger partial charge < -0.3 is 0 Å². The maximum Gasteiger partial charge on any atom is -0.0162 e. The second-order valence-electron chi connectivity index (χ2n) is 5.22. The zero-order valence-electron chi connectivity index (χ0n) is 10.00. The van der Waals surface area contributed by atoms with Crippen LogP contribution in [0, 0.1) is 12.8 Å². The minimum absolute atomic E-state index is 0.829. The van der Waals surface area contributed by atoms with E-state index in [-0.39, 0.29) is 0 Å². The van der Waals surface area contributed by atoms with Gasteiger partial charge in [-0.25, -0.2) is 0 Å². The van der Waals surface area contributed by atoms with Gasteiger partial charge in [0.15, 0.2) is 0 Å². The molecular formula is C15H22. The molecule has 2 atom stereocenters. The summed E-state index contributed by atoms with van der Waals surface area (Å²) in [4.78, 5) is 0. The second kappa shape index (κ2) is 4.83. The van der Waals surface area contributed by atoms with Gasteiger partial charge >= 0.3 is 0 Å². The molecule has 0 spiro atoms. The molecule has 0 bridgehead atoms. The average molecular weight is 202 g/mol. The third-order valence-corrected chi connectivity index (χ3v) is 3.77. The third-order valence-electron chi connectivity index (χ3n) is 3.77. The van der Waals surface area contributed by atoms with Crippen molar-refractivity contribution in [3.63, 3.8) is 0 Å². The van der Waals surface area contributed by atoms with Crippen LogP contribution in [0.2, 0.25) is 0 Å². The quantitative estimate of drug-likeness (QED) is 0.580. The molecule has 0 N–H and O–H groups in total. The Morgan fingerprint density at radius 2 is 1.93 bits per heavy atom. The first-order valence-electron chi connectivity index (χ1n) is 6.32. The molecule has 0 aromatic heterocycles. The van der Waals surface area contributed by atoms with Crippen molar-refractivity contribution in [3.8, 4) is 0 Å². The van der Waals surface area contributed by atoms with Crippen LogP contribution in [0.25, 0.3) is 0 Å². The molecule has 1 aromatic rings. The number of benzene rings is 1. The molecule has 0 heteroatoms. The first-order valence-corrected chi connectivity index (χ1v) is 6.32. The SMILES string of the molecule is Cc1cccc(C2CCCC(C)CC2)c1. The Balaban J connectivity index is 2.09. The predicted octanol–water partition coefficient (Wildman–Crippen LogP) is 4.68. The first kappa shape index (κ1) is 10.7. The zero-order chi connectivity index (χ0) is 10.7. The van der Waals surface area contributed by atoms with Crippen molar-refractivity contribution < 1.29 is 0 Å². The average Bonchev–Trinajstić information content (AvgIpc) is 2.43. The smallest absolute Gasteiger partial charge is 0.0162 e. The molecule has 0 heterocycles. The highest BCUT2D eigenvalue weighted by atomic mass is 14.2. The van der Waals surface area contributed by atoms with E-state index >= 15 is 0 Å². The Labute approximate surface area is 93.7 Å². The lowest BCUT2D eigenvalue weighted by Crippen LogP contribution is -1.97. The molecule has 1 aromatic carbocycles. The summed E-state index contributed by atoms with van der Waals surface area (Å²) in [5.74, 6) is 1.77. The summed E-state index contributed by atoms with van der Waals surface area (Å²) >= 11 is 0. The fourth-order valence-corrected chi connectivity index (χ4v) is 2.74. The molecule has 1 fully saturated rings. The first-order chi connectivity index (χ1) is 7.25. The normalized spacial score (nSPS) is 27.3. The minimum atomic E-state index is 0.829. The van der Waals surface area contributed by atoms with E-state index in [1.807, 2.05) is 0 Å². The molecule has 15 heavy (non-hydrogen) atoms. The Morgan fingerprint density at radius 1 is 1.07 bits per heavy atom. The lowest BCUT2D eigenvalue weighted by atomic mass is 9.90. The van der Waals surface area contributed by atoms with E-state index in [0.29, 0.717) is 0 Å².